The fraction of sp³-hybridized carbons (Fsp3) is 0.667. The Kier molecular flexibility index (Phi) is 10.4. The van der Waals surface area contributed by atoms with Crippen LogP contribution in [-0.2, 0) is 34.7 Å². The lowest BCUT2D eigenvalue weighted by atomic mass is 10.0. The van der Waals surface area contributed by atoms with Crippen LogP contribution in [0.15, 0.2) is 30.3 Å². The number of carbonyl (C=O) groups is 3. The first-order chi connectivity index (χ1) is 18.3. The van der Waals surface area contributed by atoms with Gasteiger partial charge in [0, 0.05) is 26.7 Å². The predicted molar refractivity (Wildman–Crippen MR) is 144 cm³/mol. The Balaban J connectivity index is 1.80. The Morgan fingerprint density at radius 3 is 2.36 bits per heavy atom. The molecule has 1 N–H and O–H groups in total. The molecule has 2 saturated heterocycles. The van der Waals surface area contributed by atoms with E-state index >= 15 is 0 Å². The number of sulfone groups is 1. The number of aliphatic hydroxyl groups is 1. The number of amides is 3. The highest BCUT2D eigenvalue weighted by Gasteiger charge is 2.41. The maximum Gasteiger partial charge on any atom is 0.410 e. The molecule has 3 amide bonds. The van der Waals surface area contributed by atoms with E-state index in [0.717, 1.165) is 0 Å². The third-order valence-corrected chi connectivity index (χ3v) is 8.89. The van der Waals surface area contributed by atoms with E-state index in [1.54, 1.807) is 51.1 Å². The largest absolute Gasteiger partial charge is 0.444 e. The van der Waals surface area contributed by atoms with Gasteiger partial charge >= 0.3 is 6.09 Å². The zero-order valence-electron chi connectivity index (χ0n) is 23.2. The summed E-state index contributed by atoms with van der Waals surface area (Å²) in [5.41, 5.74) is -0.187. The first-order valence-corrected chi connectivity index (χ1v) is 15.0. The van der Waals surface area contributed by atoms with Crippen LogP contribution in [0.4, 0.5) is 4.79 Å². The number of rotatable bonds is 7. The molecule has 12 heteroatoms. The summed E-state index contributed by atoms with van der Waals surface area (Å²) in [5.74, 6) is -1.57. The average Bonchev–Trinajstić information content (AvgIpc) is 3.07. The van der Waals surface area contributed by atoms with Gasteiger partial charge in [-0.1, -0.05) is 30.3 Å². The Morgan fingerprint density at radius 2 is 1.74 bits per heavy atom. The molecule has 0 spiro atoms. The molecule has 39 heavy (non-hydrogen) atoms. The maximum absolute atomic E-state index is 13.8. The normalized spacial score (nSPS) is 21.6. The zero-order valence-corrected chi connectivity index (χ0v) is 24.1. The van der Waals surface area contributed by atoms with Crippen LogP contribution >= 0.6 is 0 Å². The van der Waals surface area contributed by atoms with Crippen LogP contribution < -0.4 is 0 Å². The molecule has 2 aliphatic heterocycles. The fourth-order valence-electron chi connectivity index (χ4n) is 4.83. The van der Waals surface area contributed by atoms with Gasteiger partial charge in [0.05, 0.1) is 44.1 Å². The standard InChI is InChI=1S/C27H41N3O8S/c1-27(2,3)38-26(34)30-12-8-11-21(22(31)18-30)28(4)25(33)23(17-24(32)29-13-15-37-16-14-29)39(35,36)19-20-9-6-5-7-10-20/h5-7,9-10,21-23,31H,8,11-19H2,1-4H3. The molecule has 0 radical (unpaired) electrons. The molecule has 1 aromatic rings. The SMILES string of the molecule is CN(C(=O)C(CC(=O)N1CCOCC1)S(=O)(=O)Cc1ccccc1)C1CCCN(C(=O)OC(C)(C)C)CC1O. The molecule has 0 aromatic heterocycles. The molecular formula is C27H41N3O8S. The van der Waals surface area contributed by atoms with Crippen molar-refractivity contribution in [3.63, 3.8) is 0 Å². The second-order valence-corrected chi connectivity index (χ2v) is 13.3. The molecule has 2 fully saturated rings. The van der Waals surface area contributed by atoms with Gasteiger partial charge in [0.25, 0.3) is 0 Å². The van der Waals surface area contributed by atoms with Gasteiger partial charge in [-0.05, 0) is 39.2 Å². The summed E-state index contributed by atoms with van der Waals surface area (Å²) in [6, 6.07) is 7.77. The van der Waals surface area contributed by atoms with Crippen molar-refractivity contribution in [1.82, 2.24) is 14.7 Å². The third kappa shape index (κ3) is 8.64. The van der Waals surface area contributed by atoms with Crippen molar-refractivity contribution in [2.75, 3.05) is 46.4 Å². The smallest absolute Gasteiger partial charge is 0.410 e. The zero-order chi connectivity index (χ0) is 28.8. The molecule has 0 saturated carbocycles. The number of ether oxygens (including phenoxy) is 2. The van der Waals surface area contributed by atoms with E-state index in [0.29, 0.717) is 51.3 Å². The monoisotopic (exact) mass is 567 g/mol. The van der Waals surface area contributed by atoms with Crippen molar-refractivity contribution in [2.24, 2.45) is 0 Å². The summed E-state index contributed by atoms with van der Waals surface area (Å²) in [5, 5.41) is 9.39. The number of likely N-dealkylation sites (N-methyl/N-ethyl adjacent to an activating group) is 1. The first-order valence-electron chi connectivity index (χ1n) is 13.3. The molecule has 11 nitrogen and oxygen atoms in total. The van der Waals surface area contributed by atoms with Crippen LogP contribution in [0, 0.1) is 0 Å². The summed E-state index contributed by atoms with van der Waals surface area (Å²) >= 11 is 0. The minimum absolute atomic E-state index is 0.0641. The minimum atomic E-state index is -4.10. The number of hydrogen-bond donors (Lipinski definition) is 1. The van der Waals surface area contributed by atoms with Gasteiger partial charge in [-0.3, -0.25) is 9.59 Å². The van der Waals surface area contributed by atoms with Gasteiger partial charge in [0.1, 0.15) is 10.9 Å². The molecule has 2 aliphatic rings. The lowest BCUT2D eigenvalue weighted by molar-refractivity contribution is -0.140. The summed E-state index contributed by atoms with van der Waals surface area (Å²) in [4.78, 5) is 43.6. The molecule has 1 aromatic carbocycles. The van der Waals surface area contributed by atoms with Crippen LogP contribution in [0.2, 0.25) is 0 Å². The van der Waals surface area contributed by atoms with Gasteiger partial charge in [0.2, 0.25) is 11.8 Å². The fourth-order valence-corrected chi connectivity index (χ4v) is 6.56. The number of aliphatic hydroxyl groups excluding tert-OH is 1. The Morgan fingerprint density at radius 1 is 1.10 bits per heavy atom. The van der Waals surface area contributed by atoms with Crippen molar-refractivity contribution in [3.05, 3.63) is 35.9 Å². The summed E-state index contributed by atoms with van der Waals surface area (Å²) in [7, 11) is -2.65. The van der Waals surface area contributed by atoms with Crippen molar-refractivity contribution < 1.29 is 37.4 Å². The van der Waals surface area contributed by atoms with E-state index < -0.39 is 62.9 Å². The maximum atomic E-state index is 13.8. The number of nitrogens with zero attached hydrogens (tertiary/aromatic N) is 3. The second-order valence-electron chi connectivity index (χ2n) is 11.1. The number of benzene rings is 1. The van der Waals surface area contributed by atoms with Crippen molar-refractivity contribution in [1.29, 1.82) is 0 Å². The Labute approximate surface area is 230 Å². The molecule has 3 unspecified atom stereocenters. The average molecular weight is 568 g/mol. The van der Waals surface area contributed by atoms with E-state index in [4.69, 9.17) is 9.47 Å². The van der Waals surface area contributed by atoms with Crippen molar-refractivity contribution in [3.8, 4) is 0 Å². The molecule has 218 valence electrons. The second kappa shape index (κ2) is 13.1. The number of carbonyl (C=O) groups excluding carboxylic acids is 3. The molecule has 3 atom stereocenters. The first kappa shape index (κ1) is 30.8. The lowest BCUT2D eigenvalue weighted by Gasteiger charge is -2.34. The molecule has 0 bridgehead atoms. The third-order valence-electron chi connectivity index (χ3n) is 6.92. The van der Waals surface area contributed by atoms with Gasteiger partial charge in [-0.15, -0.1) is 0 Å². The Bertz CT molecular complexity index is 1100. The van der Waals surface area contributed by atoms with E-state index in [9.17, 15) is 27.9 Å². The lowest BCUT2D eigenvalue weighted by Crippen LogP contribution is -2.53. The molecule has 0 aliphatic carbocycles. The minimum Gasteiger partial charge on any atom is -0.444 e. The Hall–Kier alpha value is -2.70. The van der Waals surface area contributed by atoms with Crippen LogP contribution in [-0.4, -0.2) is 116 Å². The van der Waals surface area contributed by atoms with E-state index in [2.05, 4.69) is 0 Å². The molecule has 3 rings (SSSR count). The predicted octanol–water partition coefficient (Wildman–Crippen LogP) is 1.44. The van der Waals surface area contributed by atoms with Gasteiger partial charge in [0.15, 0.2) is 9.84 Å². The summed E-state index contributed by atoms with van der Waals surface area (Å²) in [6.45, 7) is 6.88. The molecular weight excluding hydrogens is 526 g/mol. The quantitative estimate of drug-likeness (QED) is 0.523. The molecule has 2 heterocycles. The van der Waals surface area contributed by atoms with Gasteiger partial charge in [-0.2, -0.15) is 0 Å². The van der Waals surface area contributed by atoms with Crippen LogP contribution in [0.1, 0.15) is 45.6 Å². The number of likely N-dealkylation sites (tertiary alicyclic amines) is 1. The number of β-amino-alcohol motifs (C(OH)–C–C–N with tert-alkyl or cyclic N) is 1. The summed E-state index contributed by atoms with van der Waals surface area (Å²) in [6.07, 6.45) is -1.35. The number of hydrogen-bond acceptors (Lipinski definition) is 8. The van der Waals surface area contributed by atoms with Gasteiger partial charge in [-0.25, -0.2) is 13.2 Å². The highest BCUT2D eigenvalue weighted by atomic mass is 32.2. The van der Waals surface area contributed by atoms with Crippen LogP contribution in [0.25, 0.3) is 0 Å². The van der Waals surface area contributed by atoms with E-state index in [-0.39, 0.29) is 6.54 Å². The highest BCUT2D eigenvalue weighted by Crippen LogP contribution is 2.23. The van der Waals surface area contributed by atoms with Crippen LogP contribution in [0.3, 0.4) is 0 Å². The number of morpholine rings is 1. The van der Waals surface area contributed by atoms with Crippen molar-refractivity contribution in [2.45, 2.75) is 68.8 Å². The highest BCUT2D eigenvalue weighted by molar-refractivity contribution is 7.92. The van der Waals surface area contributed by atoms with Gasteiger partial charge < -0.3 is 29.3 Å². The van der Waals surface area contributed by atoms with E-state index in [1.807, 2.05) is 0 Å². The summed E-state index contributed by atoms with van der Waals surface area (Å²) < 4.78 is 37.9. The van der Waals surface area contributed by atoms with Crippen LogP contribution in [0.5, 0.6) is 0 Å². The van der Waals surface area contributed by atoms with Crippen molar-refractivity contribution >= 4 is 27.7 Å². The topological polar surface area (TPSA) is 134 Å². The van der Waals surface area contributed by atoms with E-state index in [1.165, 1.54) is 21.7 Å².